The standard InChI is InChI=1S/C26H32FNO6/c1-15-9-16(2)21(22(10-15)18-5-8-23(27)17(3)11-18)7-6-19(30)12-20(31)13-25(32)28-24(14-29)26(33)34-4/h5-11,19-20,24,29-31H,12-14H2,1-4H3,(H,28,32)/t19-,20-,24+/m1/s1. The van der Waals surface area contributed by atoms with Crippen LogP contribution in [0.2, 0.25) is 0 Å². The fourth-order valence-corrected chi connectivity index (χ4v) is 3.69. The molecule has 2 aromatic rings. The molecular weight excluding hydrogens is 441 g/mol. The van der Waals surface area contributed by atoms with Crippen molar-refractivity contribution in [2.45, 2.75) is 51.9 Å². The Kier molecular flexibility index (Phi) is 9.92. The summed E-state index contributed by atoms with van der Waals surface area (Å²) in [6.45, 7) is 4.98. The molecule has 4 N–H and O–H groups in total. The predicted molar refractivity (Wildman–Crippen MR) is 127 cm³/mol. The van der Waals surface area contributed by atoms with Gasteiger partial charge in [0, 0.05) is 6.42 Å². The largest absolute Gasteiger partial charge is 0.467 e. The number of rotatable bonds is 10. The van der Waals surface area contributed by atoms with Crippen LogP contribution in [0.3, 0.4) is 0 Å². The molecule has 0 fully saturated rings. The first-order valence-corrected chi connectivity index (χ1v) is 11.0. The predicted octanol–water partition coefficient (Wildman–Crippen LogP) is 2.58. The number of halogens is 1. The molecule has 1 amide bonds. The molecule has 0 radical (unpaired) electrons. The van der Waals surface area contributed by atoms with Gasteiger partial charge in [-0.05, 0) is 60.7 Å². The van der Waals surface area contributed by atoms with Gasteiger partial charge in [0.25, 0.3) is 0 Å². The van der Waals surface area contributed by atoms with E-state index in [1.54, 1.807) is 25.1 Å². The number of carbonyl (C=O) groups is 2. The van der Waals surface area contributed by atoms with Crippen molar-refractivity contribution in [3.8, 4) is 11.1 Å². The zero-order valence-corrected chi connectivity index (χ0v) is 19.8. The second kappa shape index (κ2) is 12.4. The van der Waals surface area contributed by atoms with Gasteiger partial charge in [0.2, 0.25) is 5.91 Å². The molecule has 34 heavy (non-hydrogen) atoms. The lowest BCUT2D eigenvalue weighted by Crippen LogP contribution is -2.45. The summed E-state index contributed by atoms with van der Waals surface area (Å²) in [4.78, 5) is 23.5. The second-order valence-electron chi connectivity index (χ2n) is 8.35. The highest BCUT2D eigenvalue weighted by atomic mass is 19.1. The SMILES string of the molecule is COC(=O)[C@H](CO)NC(=O)C[C@H](O)C[C@H](O)C=Cc1c(C)cc(C)cc1-c1ccc(F)c(C)c1. The third-order valence-corrected chi connectivity index (χ3v) is 5.42. The van der Waals surface area contributed by atoms with Gasteiger partial charge in [-0.2, -0.15) is 0 Å². The Bertz CT molecular complexity index is 1050. The second-order valence-corrected chi connectivity index (χ2v) is 8.35. The van der Waals surface area contributed by atoms with Crippen molar-refractivity contribution < 1.29 is 34.0 Å². The minimum atomic E-state index is -1.22. The molecule has 2 rings (SSSR count). The van der Waals surface area contributed by atoms with Gasteiger partial charge >= 0.3 is 5.97 Å². The first-order chi connectivity index (χ1) is 16.0. The number of amides is 1. The van der Waals surface area contributed by atoms with Gasteiger partial charge in [-0.25, -0.2) is 9.18 Å². The topological polar surface area (TPSA) is 116 Å². The normalized spacial score (nSPS) is 14.0. The number of aliphatic hydroxyl groups excluding tert-OH is 3. The Morgan fingerprint density at radius 2 is 1.82 bits per heavy atom. The summed E-state index contributed by atoms with van der Waals surface area (Å²) >= 11 is 0. The van der Waals surface area contributed by atoms with Crippen molar-refractivity contribution in [3.63, 3.8) is 0 Å². The van der Waals surface area contributed by atoms with Gasteiger partial charge in [0.15, 0.2) is 6.04 Å². The maximum absolute atomic E-state index is 13.8. The van der Waals surface area contributed by atoms with Crippen molar-refractivity contribution in [2.75, 3.05) is 13.7 Å². The van der Waals surface area contributed by atoms with Gasteiger partial charge in [0.1, 0.15) is 5.82 Å². The number of aryl methyl sites for hydroxylation is 3. The molecule has 0 unspecified atom stereocenters. The van der Waals surface area contributed by atoms with E-state index < -0.39 is 36.7 Å². The van der Waals surface area contributed by atoms with Crippen LogP contribution in [0, 0.1) is 26.6 Å². The number of methoxy groups -OCH3 is 1. The summed E-state index contributed by atoms with van der Waals surface area (Å²) in [6.07, 6.45) is 0.600. The molecule has 0 aliphatic heterocycles. The van der Waals surface area contributed by atoms with E-state index in [9.17, 15) is 24.2 Å². The van der Waals surface area contributed by atoms with Crippen LogP contribution in [0.1, 0.15) is 35.1 Å². The average molecular weight is 474 g/mol. The Balaban J connectivity index is 2.11. The van der Waals surface area contributed by atoms with E-state index in [1.165, 1.54) is 12.1 Å². The Morgan fingerprint density at radius 3 is 2.44 bits per heavy atom. The molecule has 2 aromatic carbocycles. The van der Waals surface area contributed by atoms with Gasteiger partial charge in [0.05, 0.1) is 32.3 Å². The van der Waals surface area contributed by atoms with Crippen LogP contribution in [-0.2, 0) is 14.3 Å². The number of nitrogens with one attached hydrogen (secondary N) is 1. The molecule has 0 saturated carbocycles. The van der Waals surface area contributed by atoms with Gasteiger partial charge in [-0.1, -0.05) is 35.9 Å². The lowest BCUT2D eigenvalue weighted by Gasteiger charge is -2.17. The van der Waals surface area contributed by atoms with Gasteiger partial charge in [-0.3, -0.25) is 4.79 Å². The molecule has 0 aromatic heterocycles. The molecule has 0 aliphatic carbocycles. The van der Waals surface area contributed by atoms with Crippen LogP contribution < -0.4 is 5.32 Å². The van der Waals surface area contributed by atoms with E-state index in [1.807, 2.05) is 26.0 Å². The molecule has 7 nitrogen and oxygen atoms in total. The maximum Gasteiger partial charge on any atom is 0.330 e. The van der Waals surface area contributed by atoms with Crippen LogP contribution >= 0.6 is 0 Å². The van der Waals surface area contributed by atoms with Crippen LogP contribution in [0.4, 0.5) is 4.39 Å². The monoisotopic (exact) mass is 473 g/mol. The molecule has 184 valence electrons. The minimum absolute atomic E-state index is 0.109. The molecule has 0 bridgehead atoms. The summed E-state index contributed by atoms with van der Waals surface area (Å²) in [5.74, 6) is -1.74. The highest BCUT2D eigenvalue weighted by molar-refractivity contribution is 5.84. The van der Waals surface area contributed by atoms with Crippen LogP contribution in [0.15, 0.2) is 36.4 Å². The first-order valence-electron chi connectivity index (χ1n) is 11.0. The number of hydrogen-bond acceptors (Lipinski definition) is 6. The minimum Gasteiger partial charge on any atom is -0.467 e. The fourth-order valence-electron chi connectivity index (χ4n) is 3.69. The number of ether oxygens (including phenoxy) is 1. The summed E-state index contributed by atoms with van der Waals surface area (Å²) < 4.78 is 18.2. The van der Waals surface area contributed by atoms with Crippen LogP contribution in [-0.4, -0.2) is 59.2 Å². The van der Waals surface area contributed by atoms with Gasteiger partial charge in [-0.15, -0.1) is 0 Å². The van der Waals surface area contributed by atoms with Crippen molar-refractivity contribution >= 4 is 18.0 Å². The van der Waals surface area contributed by atoms with Gasteiger partial charge < -0.3 is 25.4 Å². The van der Waals surface area contributed by atoms with Crippen LogP contribution in [0.25, 0.3) is 17.2 Å². The molecule has 0 saturated heterocycles. The van der Waals surface area contributed by atoms with Crippen molar-refractivity contribution in [1.29, 1.82) is 0 Å². The van der Waals surface area contributed by atoms with Crippen molar-refractivity contribution in [1.82, 2.24) is 5.32 Å². The zero-order chi connectivity index (χ0) is 25.4. The van der Waals surface area contributed by atoms with E-state index in [0.29, 0.717) is 5.56 Å². The summed E-state index contributed by atoms with van der Waals surface area (Å²) in [6, 6.07) is 7.68. The quantitative estimate of drug-likeness (QED) is 0.394. The van der Waals surface area contributed by atoms with Crippen molar-refractivity contribution in [3.05, 3.63) is 64.5 Å². The van der Waals surface area contributed by atoms with Crippen molar-refractivity contribution in [2.24, 2.45) is 0 Å². The zero-order valence-electron chi connectivity index (χ0n) is 19.8. The smallest absolute Gasteiger partial charge is 0.330 e. The molecule has 0 heterocycles. The maximum atomic E-state index is 13.8. The molecular formula is C26H32FNO6. The Morgan fingerprint density at radius 1 is 1.12 bits per heavy atom. The molecule has 8 heteroatoms. The third kappa shape index (κ3) is 7.48. The van der Waals surface area contributed by atoms with E-state index in [-0.39, 0.29) is 18.7 Å². The third-order valence-electron chi connectivity index (χ3n) is 5.42. The number of esters is 1. The first kappa shape index (κ1) is 27.2. The molecule has 3 atom stereocenters. The highest BCUT2D eigenvalue weighted by Gasteiger charge is 2.22. The number of hydrogen-bond donors (Lipinski definition) is 4. The lowest BCUT2D eigenvalue weighted by atomic mass is 9.92. The number of carbonyl (C=O) groups excluding carboxylic acids is 2. The van der Waals surface area contributed by atoms with E-state index in [0.717, 1.165) is 34.9 Å². The highest BCUT2D eigenvalue weighted by Crippen LogP contribution is 2.30. The summed E-state index contributed by atoms with van der Waals surface area (Å²) in [7, 11) is 1.13. The van der Waals surface area contributed by atoms with E-state index in [4.69, 9.17) is 5.11 Å². The van der Waals surface area contributed by atoms with Crippen LogP contribution in [0.5, 0.6) is 0 Å². The molecule has 0 spiro atoms. The number of benzene rings is 2. The summed E-state index contributed by atoms with van der Waals surface area (Å²) in [5.41, 5.74) is 5.14. The number of aliphatic hydroxyl groups is 3. The molecule has 0 aliphatic rings. The van der Waals surface area contributed by atoms with E-state index >= 15 is 0 Å². The lowest BCUT2D eigenvalue weighted by molar-refractivity contribution is -0.146. The Hall–Kier alpha value is -3.07. The average Bonchev–Trinajstić information content (AvgIpc) is 2.77. The van der Waals surface area contributed by atoms with E-state index in [2.05, 4.69) is 10.1 Å². The summed E-state index contributed by atoms with van der Waals surface area (Å²) in [5, 5.41) is 32.0. The fraction of sp³-hybridized carbons (Fsp3) is 0.385. The Labute approximate surface area is 198 Å².